The second-order valence-electron chi connectivity index (χ2n) is 6.45. The van der Waals surface area contributed by atoms with Gasteiger partial charge in [0.25, 0.3) is 0 Å². The lowest BCUT2D eigenvalue weighted by atomic mass is 9.80. The van der Waals surface area contributed by atoms with E-state index in [1.165, 1.54) is 35.7 Å². The lowest BCUT2D eigenvalue weighted by Crippen LogP contribution is -2.47. The predicted octanol–water partition coefficient (Wildman–Crippen LogP) is 4.97. The van der Waals surface area contributed by atoms with Gasteiger partial charge < -0.3 is 10.4 Å². The van der Waals surface area contributed by atoms with Crippen molar-refractivity contribution in [3.63, 3.8) is 0 Å². The van der Waals surface area contributed by atoms with Crippen LogP contribution >= 0.6 is 70.0 Å². The van der Waals surface area contributed by atoms with E-state index >= 15 is 0 Å². The highest BCUT2D eigenvalue weighted by atomic mass is 127. The summed E-state index contributed by atoms with van der Waals surface area (Å²) in [6, 6.07) is 4.65. The van der Waals surface area contributed by atoms with Gasteiger partial charge in [-0.3, -0.25) is 4.90 Å². The van der Waals surface area contributed by atoms with Crippen LogP contribution in [0.3, 0.4) is 0 Å². The lowest BCUT2D eigenvalue weighted by molar-refractivity contribution is 0.101. The molecule has 0 amide bonds. The molecule has 1 aromatic rings. The van der Waals surface area contributed by atoms with Crippen LogP contribution < -0.4 is 5.32 Å². The number of benzene rings is 1. The first kappa shape index (κ1) is 23.0. The maximum atomic E-state index is 10.7. The Morgan fingerprint density at radius 1 is 1.04 bits per heavy atom. The number of halogens is 4. The molecule has 1 saturated heterocycles. The standard InChI is InChI=1S/C17H24I2N2O.2ClH/c18-13-10-14(17(22)15(19)11-13)16(12-4-2-1-3-5-12)21-8-6-20-7-9-21;;/h10-12,16,20,22H,1-9H2;2*1H/t16-;;/m1../s1. The summed E-state index contributed by atoms with van der Waals surface area (Å²) in [5.74, 6) is 1.20. The van der Waals surface area contributed by atoms with Gasteiger partial charge in [0.1, 0.15) is 5.75 Å². The van der Waals surface area contributed by atoms with Crippen molar-refractivity contribution in [1.82, 2.24) is 10.2 Å². The van der Waals surface area contributed by atoms with Crippen molar-refractivity contribution in [2.24, 2.45) is 5.92 Å². The summed E-state index contributed by atoms with van der Waals surface area (Å²) in [4.78, 5) is 2.60. The zero-order valence-corrected chi connectivity index (χ0v) is 19.6. The molecule has 138 valence electrons. The fourth-order valence-electron chi connectivity index (χ4n) is 3.97. The molecular formula is C17H26Cl2I2N2O. The van der Waals surface area contributed by atoms with E-state index in [0.29, 0.717) is 17.7 Å². The molecule has 0 unspecified atom stereocenters. The highest BCUT2D eigenvalue weighted by molar-refractivity contribution is 14.1. The van der Waals surface area contributed by atoms with Crippen molar-refractivity contribution in [3.8, 4) is 5.75 Å². The Hall–Kier alpha value is 0.980. The Balaban J connectivity index is 0.00000144. The largest absolute Gasteiger partial charge is 0.506 e. The second kappa shape index (κ2) is 11.0. The predicted molar refractivity (Wildman–Crippen MR) is 122 cm³/mol. The van der Waals surface area contributed by atoms with Gasteiger partial charge >= 0.3 is 0 Å². The number of phenols is 1. The quantitative estimate of drug-likeness (QED) is 0.483. The molecule has 1 aliphatic carbocycles. The fraction of sp³-hybridized carbons (Fsp3) is 0.647. The summed E-state index contributed by atoms with van der Waals surface area (Å²) in [6.45, 7) is 4.29. The van der Waals surface area contributed by atoms with Crippen LogP contribution in [0.5, 0.6) is 5.75 Å². The van der Waals surface area contributed by atoms with Gasteiger partial charge in [0, 0.05) is 41.4 Å². The number of nitrogens with zero attached hydrogens (tertiary/aromatic N) is 1. The van der Waals surface area contributed by atoms with Crippen molar-refractivity contribution in [2.75, 3.05) is 26.2 Å². The van der Waals surface area contributed by atoms with Crippen LogP contribution in [0.25, 0.3) is 0 Å². The van der Waals surface area contributed by atoms with Crippen molar-refractivity contribution in [3.05, 3.63) is 24.8 Å². The number of nitrogens with one attached hydrogen (secondary N) is 1. The third-order valence-electron chi connectivity index (χ3n) is 5.02. The van der Waals surface area contributed by atoms with E-state index in [-0.39, 0.29) is 24.8 Å². The van der Waals surface area contributed by atoms with Crippen LogP contribution in [0.15, 0.2) is 12.1 Å². The van der Waals surface area contributed by atoms with E-state index in [0.717, 1.165) is 35.3 Å². The summed E-state index contributed by atoms with van der Waals surface area (Å²) in [6.07, 6.45) is 6.66. The Morgan fingerprint density at radius 2 is 1.67 bits per heavy atom. The molecule has 0 radical (unpaired) electrons. The van der Waals surface area contributed by atoms with Gasteiger partial charge in [-0.15, -0.1) is 24.8 Å². The van der Waals surface area contributed by atoms with E-state index in [2.05, 4.69) is 67.5 Å². The molecule has 3 nitrogen and oxygen atoms in total. The topological polar surface area (TPSA) is 35.5 Å². The van der Waals surface area contributed by atoms with E-state index in [4.69, 9.17) is 0 Å². The van der Waals surface area contributed by atoms with Gasteiger partial charge in [-0.1, -0.05) is 19.3 Å². The molecule has 2 fully saturated rings. The van der Waals surface area contributed by atoms with Gasteiger partial charge in [0.15, 0.2) is 0 Å². The van der Waals surface area contributed by atoms with Crippen LogP contribution in [-0.4, -0.2) is 36.2 Å². The van der Waals surface area contributed by atoms with E-state index in [1.807, 2.05) is 0 Å². The van der Waals surface area contributed by atoms with Gasteiger partial charge in [-0.25, -0.2) is 0 Å². The van der Waals surface area contributed by atoms with Crippen molar-refractivity contribution < 1.29 is 5.11 Å². The molecule has 1 aliphatic heterocycles. The maximum Gasteiger partial charge on any atom is 0.133 e. The Labute approximate surface area is 184 Å². The second-order valence-corrected chi connectivity index (χ2v) is 8.86. The highest BCUT2D eigenvalue weighted by Gasteiger charge is 2.33. The van der Waals surface area contributed by atoms with E-state index < -0.39 is 0 Å². The van der Waals surface area contributed by atoms with Crippen molar-refractivity contribution in [1.29, 1.82) is 0 Å². The van der Waals surface area contributed by atoms with Crippen molar-refractivity contribution in [2.45, 2.75) is 38.1 Å². The van der Waals surface area contributed by atoms with Gasteiger partial charge in [-0.05, 0) is 76.1 Å². The van der Waals surface area contributed by atoms with Gasteiger partial charge in [0.05, 0.1) is 3.57 Å². The Morgan fingerprint density at radius 3 is 2.29 bits per heavy atom. The third-order valence-corrected chi connectivity index (χ3v) is 6.46. The van der Waals surface area contributed by atoms with Crippen LogP contribution in [0.1, 0.15) is 43.7 Å². The molecule has 7 heteroatoms. The summed E-state index contributed by atoms with van der Waals surface area (Å²) in [7, 11) is 0. The zero-order valence-electron chi connectivity index (χ0n) is 13.6. The molecule has 0 spiro atoms. The minimum absolute atomic E-state index is 0. The first-order chi connectivity index (χ1) is 10.7. The third kappa shape index (κ3) is 5.49. The number of hydrogen-bond donors (Lipinski definition) is 2. The molecule has 0 bridgehead atoms. The molecule has 1 aromatic carbocycles. The molecule has 2 aliphatic rings. The van der Waals surface area contributed by atoms with Crippen LogP contribution in [-0.2, 0) is 0 Å². The van der Waals surface area contributed by atoms with E-state index in [1.54, 1.807) is 0 Å². The number of hydrogen-bond acceptors (Lipinski definition) is 3. The average Bonchev–Trinajstić information content (AvgIpc) is 2.54. The number of aromatic hydroxyl groups is 1. The Kier molecular flexibility index (Phi) is 10.5. The van der Waals surface area contributed by atoms with Gasteiger partial charge in [0.2, 0.25) is 0 Å². The molecule has 3 rings (SSSR count). The number of piperazine rings is 1. The molecule has 1 atom stereocenters. The smallest absolute Gasteiger partial charge is 0.133 e. The Bertz CT molecular complexity index is 504. The first-order valence-electron chi connectivity index (χ1n) is 8.29. The van der Waals surface area contributed by atoms with Gasteiger partial charge in [-0.2, -0.15) is 0 Å². The van der Waals surface area contributed by atoms with Crippen molar-refractivity contribution >= 4 is 70.0 Å². The minimum Gasteiger partial charge on any atom is -0.506 e. The molecule has 1 heterocycles. The molecule has 2 N–H and O–H groups in total. The average molecular weight is 599 g/mol. The molecular weight excluding hydrogens is 573 g/mol. The summed E-state index contributed by atoms with van der Waals surface area (Å²) >= 11 is 4.64. The first-order valence-corrected chi connectivity index (χ1v) is 10.5. The van der Waals surface area contributed by atoms with Crippen LogP contribution in [0.4, 0.5) is 0 Å². The number of rotatable bonds is 3. The summed E-state index contributed by atoms with van der Waals surface area (Å²) in [5, 5.41) is 14.2. The fourth-order valence-corrected chi connectivity index (χ4v) is 5.86. The molecule has 0 aromatic heterocycles. The van der Waals surface area contributed by atoms with E-state index in [9.17, 15) is 5.11 Å². The number of phenolic OH excluding ortho intramolecular Hbond substituents is 1. The minimum atomic E-state index is 0. The monoisotopic (exact) mass is 598 g/mol. The SMILES string of the molecule is Cl.Cl.Oc1c(I)cc(I)cc1[C@@H](C1CCCCC1)N1CCNCC1. The summed E-state index contributed by atoms with van der Waals surface area (Å²) in [5.41, 5.74) is 1.16. The highest BCUT2D eigenvalue weighted by Crippen LogP contribution is 2.43. The molecule has 1 saturated carbocycles. The summed E-state index contributed by atoms with van der Waals surface area (Å²) < 4.78 is 2.21. The maximum absolute atomic E-state index is 10.7. The zero-order chi connectivity index (χ0) is 15.5. The van der Waals surface area contributed by atoms with Crippen LogP contribution in [0.2, 0.25) is 0 Å². The normalized spacial score (nSPS) is 20.8. The van der Waals surface area contributed by atoms with Crippen LogP contribution in [0, 0.1) is 13.1 Å². The lowest BCUT2D eigenvalue weighted by Gasteiger charge is -2.41. The molecule has 24 heavy (non-hydrogen) atoms.